The molecule has 15 heteroatoms. The summed E-state index contributed by atoms with van der Waals surface area (Å²) in [7, 11) is -2.67. The molecule has 2 heterocycles. The molecule has 48 heavy (non-hydrogen) atoms. The number of aliphatic hydroxyl groups is 2. The predicted molar refractivity (Wildman–Crippen MR) is 176 cm³/mol. The van der Waals surface area contributed by atoms with Crippen molar-refractivity contribution < 1.29 is 47.2 Å². The molecule has 0 aliphatic carbocycles. The van der Waals surface area contributed by atoms with E-state index in [2.05, 4.69) is 16.0 Å². The third-order valence-electron chi connectivity index (χ3n) is 8.49. The lowest BCUT2D eigenvalue weighted by molar-refractivity contribution is -0.0907. The summed E-state index contributed by atoms with van der Waals surface area (Å²) in [4.78, 5) is 25.2. The molecule has 5 N–H and O–H groups in total. The number of nitrogens with one attached hydrogen (secondary N) is 3. The highest BCUT2D eigenvalue weighted by molar-refractivity contribution is 7.89. The highest BCUT2D eigenvalue weighted by atomic mass is 32.2. The molecule has 2 aromatic rings. The van der Waals surface area contributed by atoms with Gasteiger partial charge in [0, 0.05) is 26.2 Å². The Morgan fingerprint density at radius 1 is 1.06 bits per heavy atom. The predicted octanol–water partition coefficient (Wildman–Crippen LogP) is 1.85. The summed E-state index contributed by atoms with van der Waals surface area (Å²) < 4.78 is 51.5. The van der Waals surface area contributed by atoms with E-state index in [1.54, 1.807) is 12.1 Å². The monoisotopic (exact) mass is 692 g/mol. The molecule has 0 aromatic heterocycles. The molecule has 2 aromatic carbocycles. The van der Waals surface area contributed by atoms with E-state index in [0.29, 0.717) is 25.2 Å². The number of sulfonamides is 1. The average Bonchev–Trinajstić information content (AvgIpc) is 3.68. The van der Waals surface area contributed by atoms with Crippen LogP contribution in [0.15, 0.2) is 59.5 Å². The zero-order chi connectivity index (χ0) is 34.7. The van der Waals surface area contributed by atoms with Crippen molar-refractivity contribution in [3.05, 3.63) is 60.2 Å². The molecule has 2 saturated heterocycles. The maximum absolute atomic E-state index is 14.1. The van der Waals surface area contributed by atoms with Gasteiger partial charge in [-0.3, -0.25) is 0 Å². The van der Waals surface area contributed by atoms with Gasteiger partial charge in [0.05, 0.1) is 49.9 Å². The molecule has 14 nitrogen and oxygen atoms in total. The standard InChI is InChI=1S/C33H48N4O10S/c1-33(2,14-15-34-31(40)35-16-17-38)22-37(48(42,43)25-11-9-24(44-3)10-12-25)20-28(39)27(19-23-7-5-4-6-8-23)36-32(41)47-29-21-46-30-26(29)13-18-45-30/h4-12,26-30,38-39H,13-22H2,1-3H3,(H,36,41)(H2,34,35,40)/t26-,27+,28-,29-,30+/m1/s1. The van der Waals surface area contributed by atoms with Crippen LogP contribution in [0.3, 0.4) is 0 Å². The number of hydrogen-bond donors (Lipinski definition) is 5. The summed E-state index contributed by atoms with van der Waals surface area (Å²) >= 11 is 0. The van der Waals surface area contributed by atoms with Crippen LogP contribution < -0.4 is 20.7 Å². The van der Waals surface area contributed by atoms with Gasteiger partial charge in [-0.25, -0.2) is 18.0 Å². The van der Waals surface area contributed by atoms with Gasteiger partial charge in [0.1, 0.15) is 11.9 Å². The molecule has 4 rings (SSSR count). The largest absolute Gasteiger partial charge is 0.497 e. The van der Waals surface area contributed by atoms with Gasteiger partial charge in [-0.2, -0.15) is 4.31 Å². The Bertz CT molecular complexity index is 1430. The number of alkyl carbamates (subject to hydrolysis) is 1. The van der Waals surface area contributed by atoms with Gasteiger partial charge in [0.2, 0.25) is 10.0 Å². The number of carbonyl (C=O) groups is 2. The van der Waals surface area contributed by atoms with Crippen molar-refractivity contribution in [1.82, 2.24) is 20.3 Å². The topological polar surface area (TPSA) is 185 Å². The van der Waals surface area contributed by atoms with Crippen LogP contribution in [0.1, 0.15) is 32.3 Å². The third kappa shape index (κ3) is 10.5. The van der Waals surface area contributed by atoms with E-state index in [-0.39, 0.29) is 56.6 Å². The lowest BCUT2D eigenvalue weighted by atomic mass is 9.89. The van der Waals surface area contributed by atoms with Crippen LogP contribution in [0.5, 0.6) is 5.75 Å². The second-order valence-electron chi connectivity index (χ2n) is 12.8. The summed E-state index contributed by atoms with van der Waals surface area (Å²) in [6.45, 7) is 4.26. The van der Waals surface area contributed by atoms with Crippen LogP contribution in [0, 0.1) is 11.3 Å². The van der Waals surface area contributed by atoms with Crippen molar-refractivity contribution in [3.8, 4) is 5.75 Å². The highest BCUT2D eigenvalue weighted by Crippen LogP contribution is 2.33. The van der Waals surface area contributed by atoms with Gasteiger partial charge in [-0.15, -0.1) is 0 Å². The Labute approximate surface area is 282 Å². The number of rotatable bonds is 17. The van der Waals surface area contributed by atoms with Gasteiger partial charge in [-0.05, 0) is 54.5 Å². The first-order valence-electron chi connectivity index (χ1n) is 16.1. The lowest BCUT2D eigenvalue weighted by Crippen LogP contribution is -2.52. The fraction of sp³-hybridized carbons (Fsp3) is 0.576. The summed E-state index contributed by atoms with van der Waals surface area (Å²) in [5.41, 5.74) is 0.165. The number of hydrogen-bond acceptors (Lipinski definition) is 10. The first kappa shape index (κ1) is 37.4. The number of aliphatic hydroxyl groups excluding tert-OH is 2. The summed E-state index contributed by atoms with van der Waals surface area (Å²) in [6.07, 6.45) is -1.68. The number of ether oxygens (including phenoxy) is 4. The molecular weight excluding hydrogens is 644 g/mol. The minimum absolute atomic E-state index is 0.00866. The number of nitrogens with zero attached hydrogens (tertiary/aromatic N) is 1. The maximum Gasteiger partial charge on any atom is 0.407 e. The van der Waals surface area contributed by atoms with Crippen LogP contribution in [0.25, 0.3) is 0 Å². The van der Waals surface area contributed by atoms with Crippen molar-refractivity contribution in [2.45, 2.75) is 62.5 Å². The summed E-state index contributed by atoms with van der Waals surface area (Å²) in [5.74, 6) is 0.413. The number of fused-ring (bicyclic) bond motifs is 1. The second kappa shape index (κ2) is 17.3. The summed E-state index contributed by atoms with van der Waals surface area (Å²) in [6, 6.07) is 13.9. The van der Waals surface area contributed by atoms with E-state index in [0.717, 1.165) is 5.56 Å². The van der Waals surface area contributed by atoms with E-state index in [9.17, 15) is 23.1 Å². The minimum Gasteiger partial charge on any atom is -0.497 e. The van der Waals surface area contributed by atoms with Crippen LogP contribution >= 0.6 is 0 Å². The molecule has 0 bridgehead atoms. The lowest BCUT2D eigenvalue weighted by Gasteiger charge is -2.35. The molecular formula is C33H48N4O10S. The molecule has 2 aliphatic heterocycles. The molecule has 0 spiro atoms. The quantitative estimate of drug-likeness (QED) is 0.164. The normalized spacial score (nSPS) is 20.5. The zero-order valence-electron chi connectivity index (χ0n) is 27.7. The van der Waals surface area contributed by atoms with Crippen LogP contribution in [0.4, 0.5) is 9.59 Å². The minimum atomic E-state index is -4.16. The number of methoxy groups -OCH3 is 1. The number of urea groups is 1. The van der Waals surface area contributed by atoms with Crippen molar-refractivity contribution in [2.24, 2.45) is 11.3 Å². The molecule has 0 unspecified atom stereocenters. The van der Waals surface area contributed by atoms with Crippen LogP contribution in [0.2, 0.25) is 0 Å². The van der Waals surface area contributed by atoms with Gasteiger partial charge >= 0.3 is 12.1 Å². The highest BCUT2D eigenvalue weighted by Gasteiger charge is 2.44. The van der Waals surface area contributed by atoms with Gasteiger partial charge < -0.3 is 45.1 Å². The third-order valence-corrected chi connectivity index (χ3v) is 10.3. The van der Waals surface area contributed by atoms with Crippen molar-refractivity contribution in [2.75, 3.05) is 53.1 Å². The van der Waals surface area contributed by atoms with Crippen LogP contribution in [-0.2, 0) is 30.7 Å². The van der Waals surface area contributed by atoms with Gasteiger partial charge in [-0.1, -0.05) is 44.2 Å². The van der Waals surface area contributed by atoms with E-state index >= 15 is 0 Å². The van der Waals surface area contributed by atoms with Crippen molar-refractivity contribution in [3.63, 3.8) is 0 Å². The first-order chi connectivity index (χ1) is 22.9. The molecule has 0 radical (unpaired) electrons. The summed E-state index contributed by atoms with van der Waals surface area (Å²) in [5, 5.41) is 28.6. The fourth-order valence-corrected chi connectivity index (χ4v) is 7.45. The molecule has 266 valence electrons. The fourth-order valence-electron chi connectivity index (χ4n) is 5.80. The second-order valence-corrected chi connectivity index (χ2v) is 14.7. The van der Waals surface area contributed by atoms with Crippen LogP contribution in [-0.4, -0.2) is 113 Å². The first-order valence-corrected chi connectivity index (χ1v) is 17.5. The Hall–Kier alpha value is -3.47. The number of carbonyl (C=O) groups excluding carboxylic acids is 2. The molecule has 3 amide bonds. The van der Waals surface area contributed by atoms with E-state index in [1.165, 1.54) is 23.5 Å². The molecule has 5 atom stereocenters. The Kier molecular flexibility index (Phi) is 13.4. The molecule has 2 aliphatic rings. The van der Waals surface area contributed by atoms with E-state index in [4.69, 9.17) is 24.1 Å². The van der Waals surface area contributed by atoms with E-state index < -0.39 is 52.1 Å². The Morgan fingerprint density at radius 3 is 2.46 bits per heavy atom. The Morgan fingerprint density at radius 2 is 1.77 bits per heavy atom. The smallest absolute Gasteiger partial charge is 0.407 e. The average molecular weight is 693 g/mol. The Balaban J connectivity index is 1.53. The van der Waals surface area contributed by atoms with E-state index in [1.807, 2.05) is 44.2 Å². The maximum atomic E-state index is 14.1. The SMILES string of the molecule is COc1ccc(S(=O)(=O)N(C[C@@H](O)[C@H](Cc2ccccc2)NC(=O)O[C@@H]2CO[C@@H]3OCC[C@@H]32)CC(C)(C)CCNC(=O)NCCO)cc1. The zero-order valence-corrected chi connectivity index (χ0v) is 28.5. The van der Waals surface area contributed by atoms with Crippen molar-refractivity contribution in [1.29, 1.82) is 0 Å². The van der Waals surface area contributed by atoms with Crippen molar-refractivity contribution >= 4 is 22.1 Å². The number of benzene rings is 2. The molecule has 2 fully saturated rings. The van der Waals surface area contributed by atoms with Gasteiger partial charge in [0.25, 0.3) is 0 Å². The van der Waals surface area contributed by atoms with Gasteiger partial charge in [0.15, 0.2) is 6.29 Å². The molecule has 0 saturated carbocycles. The number of amides is 3.